The molecule has 0 aliphatic heterocycles. The van der Waals surface area contributed by atoms with Crippen LogP contribution in [0.25, 0.3) is 0 Å². The molecule has 0 amide bonds. The molecule has 21 heavy (non-hydrogen) atoms. The van der Waals surface area contributed by atoms with E-state index in [0.29, 0.717) is 0 Å². The average molecular weight is 290 g/mol. The van der Waals surface area contributed by atoms with E-state index in [1.807, 2.05) is 43.2 Å². The third-order valence-electron chi connectivity index (χ3n) is 3.75. The van der Waals surface area contributed by atoms with Crippen LogP contribution in [0.5, 0.6) is 0 Å². The lowest BCUT2D eigenvalue weighted by molar-refractivity contribution is 0.294. The van der Waals surface area contributed by atoms with Crippen molar-refractivity contribution in [1.29, 1.82) is 0 Å². The summed E-state index contributed by atoms with van der Waals surface area (Å²) in [6.45, 7) is 1.76. The average Bonchev–Trinajstić information content (AvgIpc) is 2.87. The molecule has 1 aromatic carbocycles. The van der Waals surface area contributed by atoms with Crippen molar-refractivity contribution in [3.05, 3.63) is 53.9 Å². The van der Waals surface area contributed by atoms with Crippen molar-refractivity contribution in [2.45, 2.75) is 19.0 Å². The van der Waals surface area contributed by atoms with Crippen LogP contribution in [0.1, 0.15) is 23.9 Å². The Morgan fingerprint density at radius 3 is 2.62 bits per heavy atom. The van der Waals surface area contributed by atoms with Gasteiger partial charge < -0.3 is 9.88 Å². The van der Waals surface area contributed by atoms with Gasteiger partial charge in [0.1, 0.15) is 11.6 Å². The molecule has 1 aromatic heterocycles. The largest absolute Gasteiger partial charge is 0.337 e. The maximum Gasteiger partial charge on any atom is 0.123 e. The lowest BCUT2D eigenvalue weighted by Crippen LogP contribution is -2.26. The van der Waals surface area contributed by atoms with Gasteiger partial charge in [-0.3, -0.25) is 4.90 Å². The first kappa shape index (κ1) is 15.7. The van der Waals surface area contributed by atoms with Gasteiger partial charge in [-0.1, -0.05) is 12.1 Å². The predicted octanol–water partition coefficient (Wildman–Crippen LogP) is 2.34. The number of rotatable bonds is 7. The molecule has 0 aliphatic carbocycles. The van der Waals surface area contributed by atoms with Gasteiger partial charge in [0.2, 0.25) is 0 Å². The summed E-state index contributed by atoms with van der Waals surface area (Å²) in [6, 6.07) is 6.94. The first-order valence-corrected chi connectivity index (χ1v) is 7.17. The minimum Gasteiger partial charge on any atom is -0.337 e. The second-order valence-corrected chi connectivity index (χ2v) is 5.37. The summed E-state index contributed by atoms with van der Waals surface area (Å²) >= 11 is 0. The Balaban J connectivity index is 1.88. The highest BCUT2D eigenvalue weighted by atomic mass is 19.1. The molecule has 114 valence electrons. The molecule has 0 saturated heterocycles. The van der Waals surface area contributed by atoms with Gasteiger partial charge in [-0.15, -0.1) is 0 Å². The minimum atomic E-state index is -0.194. The van der Waals surface area contributed by atoms with Gasteiger partial charge in [0, 0.05) is 32.0 Å². The second-order valence-electron chi connectivity index (χ2n) is 5.37. The molecule has 2 aromatic rings. The van der Waals surface area contributed by atoms with Crippen molar-refractivity contribution < 1.29 is 4.39 Å². The monoisotopic (exact) mass is 290 g/mol. The molecule has 0 aliphatic rings. The van der Waals surface area contributed by atoms with E-state index < -0.39 is 0 Å². The van der Waals surface area contributed by atoms with Crippen LogP contribution in [0.15, 0.2) is 36.7 Å². The molecule has 0 spiro atoms. The van der Waals surface area contributed by atoms with Crippen LogP contribution < -0.4 is 5.32 Å². The second kappa shape index (κ2) is 7.33. The van der Waals surface area contributed by atoms with Gasteiger partial charge in [0.05, 0.1) is 6.54 Å². The molecule has 0 fully saturated rings. The number of hydrogen-bond donors (Lipinski definition) is 1. The van der Waals surface area contributed by atoms with Gasteiger partial charge in [-0.25, -0.2) is 9.37 Å². The van der Waals surface area contributed by atoms with Crippen molar-refractivity contribution in [2.24, 2.45) is 7.05 Å². The Morgan fingerprint density at radius 1 is 1.33 bits per heavy atom. The van der Waals surface area contributed by atoms with Crippen molar-refractivity contribution in [2.75, 3.05) is 20.6 Å². The topological polar surface area (TPSA) is 33.1 Å². The normalized spacial score (nSPS) is 12.8. The number of benzene rings is 1. The molecule has 1 atom stereocenters. The van der Waals surface area contributed by atoms with E-state index in [1.54, 1.807) is 0 Å². The lowest BCUT2D eigenvalue weighted by atomic mass is 10.0. The van der Waals surface area contributed by atoms with Gasteiger partial charge in [0.15, 0.2) is 0 Å². The summed E-state index contributed by atoms with van der Waals surface area (Å²) in [5.41, 5.74) is 1.12. The number of imidazole rings is 1. The molecule has 1 unspecified atom stereocenters. The van der Waals surface area contributed by atoms with Crippen LogP contribution in [0.3, 0.4) is 0 Å². The van der Waals surface area contributed by atoms with Crippen molar-refractivity contribution in [3.63, 3.8) is 0 Å². The third kappa shape index (κ3) is 4.37. The number of aromatic nitrogens is 2. The third-order valence-corrected chi connectivity index (χ3v) is 3.75. The summed E-state index contributed by atoms with van der Waals surface area (Å²) in [4.78, 5) is 6.58. The van der Waals surface area contributed by atoms with Crippen LogP contribution in [-0.2, 0) is 13.6 Å². The molecular formula is C16H23FN4. The van der Waals surface area contributed by atoms with E-state index in [1.165, 1.54) is 12.1 Å². The highest BCUT2D eigenvalue weighted by Crippen LogP contribution is 2.17. The van der Waals surface area contributed by atoms with Gasteiger partial charge in [-0.2, -0.15) is 0 Å². The van der Waals surface area contributed by atoms with Crippen molar-refractivity contribution >= 4 is 0 Å². The summed E-state index contributed by atoms with van der Waals surface area (Å²) in [7, 11) is 6.03. The SMILES string of the molecule is CNC(CCN(C)Cc1nccn1C)c1ccc(F)cc1. The quantitative estimate of drug-likeness (QED) is 0.849. The number of halogens is 1. The maximum absolute atomic E-state index is 13.0. The van der Waals surface area contributed by atoms with Crippen LogP contribution in [0.4, 0.5) is 4.39 Å². The molecule has 1 heterocycles. The molecule has 2 rings (SSSR count). The van der Waals surface area contributed by atoms with Gasteiger partial charge >= 0.3 is 0 Å². The van der Waals surface area contributed by atoms with Gasteiger partial charge in [-0.05, 0) is 38.2 Å². The fraction of sp³-hybridized carbons (Fsp3) is 0.438. The number of nitrogens with one attached hydrogen (secondary N) is 1. The Kier molecular flexibility index (Phi) is 5.47. The minimum absolute atomic E-state index is 0.194. The molecule has 5 heteroatoms. The standard InChI is InChI=1S/C16H23FN4/c1-18-15(13-4-6-14(17)7-5-13)8-10-20(2)12-16-19-9-11-21(16)3/h4-7,9,11,15,18H,8,10,12H2,1-3H3. The highest BCUT2D eigenvalue weighted by Gasteiger charge is 2.11. The zero-order chi connectivity index (χ0) is 15.2. The van der Waals surface area contributed by atoms with E-state index in [4.69, 9.17) is 0 Å². The van der Waals surface area contributed by atoms with E-state index in [0.717, 1.165) is 30.9 Å². The molecule has 0 saturated carbocycles. The smallest absolute Gasteiger partial charge is 0.123 e. The Labute approximate surface area is 125 Å². The number of hydrogen-bond acceptors (Lipinski definition) is 3. The van der Waals surface area contributed by atoms with Crippen molar-refractivity contribution in [3.8, 4) is 0 Å². The summed E-state index contributed by atoms with van der Waals surface area (Å²) in [5, 5.41) is 3.29. The molecule has 0 bridgehead atoms. The summed E-state index contributed by atoms with van der Waals surface area (Å²) in [5.74, 6) is 0.862. The fourth-order valence-electron chi connectivity index (χ4n) is 2.39. The Hall–Kier alpha value is -1.72. The van der Waals surface area contributed by atoms with E-state index in [9.17, 15) is 4.39 Å². The van der Waals surface area contributed by atoms with Crippen LogP contribution in [-0.4, -0.2) is 35.1 Å². The molecular weight excluding hydrogens is 267 g/mol. The summed E-state index contributed by atoms with van der Waals surface area (Å²) in [6.07, 6.45) is 4.74. The van der Waals surface area contributed by atoms with Crippen LogP contribution in [0, 0.1) is 5.82 Å². The zero-order valence-electron chi connectivity index (χ0n) is 12.9. The Morgan fingerprint density at radius 2 is 2.05 bits per heavy atom. The zero-order valence-corrected chi connectivity index (χ0v) is 12.9. The molecule has 4 nitrogen and oxygen atoms in total. The van der Waals surface area contributed by atoms with Gasteiger partial charge in [0.25, 0.3) is 0 Å². The summed E-state index contributed by atoms with van der Waals surface area (Å²) < 4.78 is 15.0. The van der Waals surface area contributed by atoms with E-state index >= 15 is 0 Å². The van der Waals surface area contributed by atoms with Crippen LogP contribution >= 0.6 is 0 Å². The fourth-order valence-corrected chi connectivity index (χ4v) is 2.39. The Bertz CT molecular complexity index is 550. The highest BCUT2D eigenvalue weighted by molar-refractivity contribution is 5.19. The maximum atomic E-state index is 13.0. The predicted molar refractivity (Wildman–Crippen MR) is 82.4 cm³/mol. The van der Waals surface area contributed by atoms with E-state index in [-0.39, 0.29) is 11.9 Å². The molecule has 0 radical (unpaired) electrons. The number of aryl methyl sites for hydroxylation is 1. The first-order chi connectivity index (χ1) is 10.1. The molecule has 1 N–H and O–H groups in total. The van der Waals surface area contributed by atoms with Crippen molar-refractivity contribution in [1.82, 2.24) is 19.8 Å². The lowest BCUT2D eigenvalue weighted by Gasteiger charge is -2.21. The van der Waals surface area contributed by atoms with Crippen LogP contribution in [0.2, 0.25) is 0 Å². The number of nitrogens with zero attached hydrogens (tertiary/aromatic N) is 3. The first-order valence-electron chi connectivity index (χ1n) is 7.17. The van der Waals surface area contributed by atoms with E-state index in [2.05, 4.69) is 22.2 Å².